The predicted octanol–water partition coefficient (Wildman–Crippen LogP) is 1.44. The molecule has 1 aromatic heterocycles. The summed E-state index contributed by atoms with van der Waals surface area (Å²) in [5.41, 5.74) is 1.10. The lowest BCUT2D eigenvalue weighted by Crippen LogP contribution is -2.46. The molecule has 4 rings (SSSR count). The van der Waals surface area contributed by atoms with Crippen molar-refractivity contribution in [3.63, 3.8) is 0 Å². The Balaban J connectivity index is 1.35. The zero-order valence-corrected chi connectivity index (χ0v) is 17.0. The van der Waals surface area contributed by atoms with Gasteiger partial charge < -0.3 is 4.90 Å². The van der Waals surface area contributed by atoms with Gasteiger partial charge in [-0.1, -0.05) is 0 Å². The van der Waals surface area contributed by atoms with Gasteiger partial charge in [0.2, 0.25) is 17.7 Å². The van der Waals surface area contributed by atoms with Crippen molar-refractivity contribution < 1.29 is 18.8 Å². The number of carbonyl (C=O) groups excluding carboxylic acids is 3. The van der Waals surface area contributed by atoms with Crippen LogP contribution < -0.4 is 5.56 Å². The summed E-state index contributed by atoms with van der Waals surface area (Å²) in [5.74, 6) is -0.972. The maximum Gasteiger partial charge on any atom is 0.266 e. The number of amides is 3. The number of hydrogen-bond acceptors (Lipinski definition) is 5. The van der Waals surface area contributed by atoms with Crippen LogP contribution in [-0.4, -0.2) is 56.9 Å². The number of benzene rings is 1. The third kappa shape index (κ3) is 4.70. The molecule has 3 heterocycles. The van der Waals surface area contributed by atoms with Crippen LogP contribution in [0.15, 0.2) is 41.2 Å². The number of imide groups is 1. The maximum atomic E-state index is 13.2. The summed E-state index contributed by atoms with van der Waals surface area (Å²) >= 11 is 0. The van der Waals surface area contributed by atoms with Crippen molar-refractivity contribution in [2.24, 2.45) is 5.92 Å². The molecule has 162 valence electrons. The second-order valence-corrected chi connectivity index (χ2v) is 7.94. The number of piperidine rings is 1. The molecule has 1 aromatic carbocycles. The predicted molar refractivity (Wildman–Crippen MR) is 109 cm³/mol. The smallest absolute Gasteiger partial charge is 0.266 e. The normalized spacial score (nSPS) is 17.5. The summed E-state index contributed by atoms with van der Waals surface area (Å²) < 4.78 is 14.6. The lowest BCUT2D eigenvalue weighted by molar-refractivity contribution is -0.146. The Morgan fingerprint density at radius 1 is 0.968 bits per heavy atom. The van der Waals surface area contributed by atoms with Gasteiger partial charge in [-0.2, -0.15) is 5.10 Å². The fourth-order valence-electron chi connectivity index (χ4n) is 4.00. The van der Waals surface area contributed by atoms with Crippen LogP contribution in [0.1, 0.15) is 25.7 Å². The molecule has 2 saturated heterocycles. The highest BCUT2D eigenvalue weighted by Gasteiger charge is 2.32. The molecule has 2 aliphatic rings. The Labute approximate surface area is 178 Å². The van der Waals surface area contributed by atoms with Gasteiger partial charge in [-0.15, -0.1) is 0 Å². The zero-order valence-electron chi connectivity index (χ0n) is 17.0. The molecule has 2 aromatic rings. The van der Waals surface area contributed by atoms with Crippen LogP contribution >= 0.6 is 0 Å². The summed E-state index contributed by atoms with van der Waals surface area (Å²) in [6, 6.07) is 9.01. The van der Waals surface area contributed by atoms with Crippen LogP contribution in [0.5, 0.6) is 0 Å². The highest BCUT2D eigenvalue weighted by atomic mass is 19.1. The van der Waals surface area contributed by atoms with Crippen molar-refractivity contribution in [3.05, 3.63) is 52.6 Å². The fourth-order valence-corrected chi connectivity index (χ4v) is 4.00. The Morgan fingerprint density at radius 3 is 2.26 bits per heavy atom. The monoisotopic (exact) mass is 426 g/mol. The maximum absolute atomic E-state index is 13.2. The highest BCUT2D eigenvalue weighted by molar-refractivity contribution is 6.04. The molecule has 0 aliphatic carbocycles. The van der Waals surface area contributed by atoms with Gasteiger partial charge in [0.1, 0.15) is 12.4 Å². The van der Waals surface area contributed by atoms with E-state index in [1.54, 1.807) is 23.1 Å². The number of hydrogen-bond donors (Lipinski definition) is 0. The molecule has 0 saturated carbocycles. The molecule has 0 unspecified atom stereocenters. The van der Waals surface area contributed by atoms with Crippen LogP contribution in [0.2, 0.25) is 0 Å². The Morgan fingerprint density at radius 2 is 1.61 bits per heavy atom. The molecule has 0 atom stereocenters. The minimum Gasteiger partial charge on any atom is -0.341 e. The molecule has 9 heteroatoms. The first kappa shape index (κ1) is 20.9. The van der Waals surface area contributed by atoms with Crippen LogP contribution in [0.4, 0.5) is 4.39 Å². The molecular weight excluding hydrogens is 403 g/mol. The van der Waals surface area contributed by atoms with Crippen LogP contribution in [0.3, 0.4) is 0 Å². The van der Waals surface area contributed by atoms with E-state index in [4.69, 9.17) is 0 Å². The zero-order chi connectivity index (χ0) is 22.0. The Kier molecular flexibility index (Phi) is 5.92. The molecule has 0 spiro atoms. The van der Waals surface area contributed by atoms with Crippen molar-refractivity contribution in [2.45, 2.75) is 32.2 Å². The van der Waals surface area contributed by atoms with E-state index >= 15 is 0 Å². The number of likely N-dealkylation sites (tertiary alicyclic amines) is 2. The first-order valence-electron chi connectivity index (χ1n) is 10.4. The molecule has 0 bridgehead atoms. The molecule has 0 N–H and O–H groups in total. The van der Waals surface area contributed by atoms with Crippen molar-refractivity contribution in [3.8, 4) is 11.3 Å². The first-order chi connectivity index (χ1) is 14.9. The standard InChI is InChI=1S/C22H23FN4O4/c23-17-3-1-16(2-4-17)18-5-6-21(30)27(24-18)13-15-9-11-25(12-10-15)22(31)14-26-19(28)7-8-20(26)29/h1-6,15H,7-14H2. The minimum atomic E-state index is -0.336. The van der Waals surface area contributed by atoms with Gasteiger partial charge in [-0.25, -0.2) is 9.07 Å². The average Bonchev–Trinajstić information content (AvgIpc) is 3.08. The van der Waals surface area contributed by atoms with E-state index < -0.39 is 0 Å². The van der Waals surface area contributed by atoms with E-state index in [2.05, 4.69) is 5.10 Å². The van der Waals surface area contributed by atoms with Gasteiger partial charge in [0.15, 0.2) is 0 Å². The second-order valence-electron chi connectivity index (χ2n) is 7.94. The third-order valence-electron chi connectivity index (χ3n) is 5.85. The molecule has 2 fully saturated rings. The van der Waals surface area contributed by atoms with Gasteiger partial charge in [0, 0.05) is 44.1 Å². The Bertz CT molecular complexity index is 1040. The number of aromatic nitrogens is 2. The van der Waals surface area contributed by atoms with Crippen molar-refractivity contribution in [1.82, 2.24) is 19.6 Å². The molecule has 3 amide bonds. The van der Waals surface area contributed by atoms with Gasteiger partial charge in [0.05, 0.1) is 5.69 Å². The Hall–Kier alpha value is -3.36. The average molecular weight is 426 g/mol. The summed E-state index contributed by atoms with van der Waals surface area (Å²) in [4.78, 5) is 50.9. The van der Waals surface area contributed by atoms with Crippen LogP contribution in [0.25, 0.3) is 11.3 Å². The van der Waals surface area contributed by atoms with Gasteiger partial charge in [0.25, 0.3) is 5.56 Å². The summed E-state index contributed by atoms with van der Waals surface area (Å²) in [7, 11) is 0. The number of carbonyl (C=O) groups is 3. The largest absolute Gasteiger partial charge is 0.341 e. The van der Waals surface area contributed by atoms with Crippen molar-refractivity contribution in [2.75, 3.05) is 19.6 Å². The fraction of sp³-hybridized carbons (Fsp3) is 0.409. The number of rotatable bonds is 5. The highest BCUT2D eigenvalue weighted by Crippen LogP contribution is 2.21. The molecule has 2 aliphatic heterocycles. The van der Waals surface area contributed by atoms with E-state index in [0.29, 0.717) is 38.2 Å². The second kappa shape index (κ2) is 8.79. The lowest BCUT2D eigenvalue weighted by atomic mass is 9.96. The van der Waals surface area contributed by atoms with E-state index in [1.165, 1.54) is 22.9 Å². The summed E-state index contributed by atoms with van der Waals surface area (Å²) in [6.07, 6.45) is 1.74. The first-order valence-corrected chi connectivity index (χ1v) is 10.4. The van der Waals surface area contributed by atoms with E-state index in [-0.39, 0.29) is 54.4 Å². The minimum absolute atomic E-state index is 0.174. The lowest BCUT2D eigenvalue weighted by Gasteiger charge is -2.32. The quantitative estimate of drug-likeness (QED) is 0.675. The molecule has 0 radical (unpaired) electrons. The SMILES string of the molecule is O=C(CN1C(=O)CCC1=O)N1CCC(Cn2nc(-c3ccc(F)cc3)ccc2=O)CC1. The summed E-state index contributed by atoms with van der Waals surface area (Å²) in [6.45, 7) is 1.25. The van der Waals surface area contributed by atoms with Gasteiger partial charge >= 0.3 is 0 Å². The van der Waals surface area contributed by atoms with E-state index in [1.807, 2.05) is 0 Å². The van der Waals surface area contributed by atoms with Crippen molar-refractivity contribution >= 4 is 17.7 Å². The van der Waals surface area contributed by atoms with Crippen LogP contribution in [-0.2, 0) is 20.9 Å². The van der Waals surface area contributed by atoms with Gasteiger partial charge in [-0.05, 0) is 49.1 Å². The molecular formula is C22H23FN4O4. The summed E-state index contributed by atoms with van der Waals surface area (Å²) in [5, 5.41) is 4.43. The van der Waals surface area contributed by atoms with E-state index in [0.717, 1.165) is 10.5 Å². The molecule has 31 heavy (non-hydrogen) atoms. The molecule has 8 nitrogen and oxygen atoms in total. The van der Waals surface area contributed by atoms with Gasteiger partial charge in [-0.3, -0.25) is 24.1 Å². The van der Waals surface area contributed by atoms with Crippen LogP contribution in [0, 0.1) is 11.7 Å². The third-order valence-corrected chi connectivity index (χ3v) is 5.85. The number of halogens is 1. The van der Waals surface area contributed by atoms with Crippen molar-refractivity contribution in [1.29, 1.82) is 0 Å². The number of nitrogens with zero attached hydrogens (tertiary/aromatic N) is 4. The topological polar surface area (TPSA) is 92.6 Å². The van der Waals surface area contributed by atoms with E-state index in [9.17, 15) is 23.6 Å².